The highest BCUT2D eigenvalue weighted by Crippen LogP contribution is 2.27. The van der Waals surface area contributed by atoms with Crippen LogP contribution in [-0.2, 0) is 9.59 Å². The third-order valence-corrected chi connectivity index (χ3v) is 3.84. The summed E-state index contributed by atoms with van der Waals surface area (Å²) < 4.78 is 0. The average molecular weight is 238 g/mol. The van der Waals surface area contributed by atoms with Crippen LogP contribution >= 0.6 is 0 Å². The Hall–Kier alpha value is -1.06. The van der Waals surface area contributed by atoms with E-state index in [4.69, 9.17) is 0 Å². The molecule has 1 saturated heterocycles. The first-order valence-electron chi connectivity index (χ1n) is 6.80. The SMILES string of the molecule is O=C(CC1CCCC1)NCC(=O)N1CCCC1. The van der Waals surface area contributed by atoms with E-state index >= 15 is 0 Å². The van der Waals surface area contributed by atoms with Crippen molar-refractivity contribution in [1.29, 1.82) is 0 Å². The number of rotatable bonds is 4. The van der Waals surface area contributed by atoms with E-state index in [9.17, 15) is 9.59 Å². The van der Waals surface area contributed by atoms with Crippen molar-refractivity contribution in [2.45, 2.75) is 44.9 Å². The standard InChI is InChI=1S/C13H22N2O2/c16-12(9-11-5-1-2-6-11)14-10-13(17)15-7-3-4-8-15/h11H,1-10H2,(H,14,16). The molecular formula is C13H22N2O2. The topological polar surface area (TPSA) is 49.4 Å². The minimum absolute atomic E-state index is 0.0458. The summed E-state index contributed by atoms with van der Waals surface area (Å²) in [6.07, 6.45) is 7.66. The highest BCUT2D eigenvalue weighted by Gasteiger charge is 2.20. The van der Waals surface area contributed by atoms with Crippen molar-refractivity contribution in [3.05, 3.63) is 0 Å². The van der Waals surface area contributed by atoms with Crippen molar-refractivity contribution in [2.24, 2.45) is 5.92 Å². The Morgan fingerprint density at radius 1 is 1.06 bits per heavy atom. The first-order valence-corrected chi connectivity index (χ1v) is 6.80. The lowest BCUT2D eigenvalue weighted by Crippen LogP contribution is -2.39. The van der Waals surface area contributed by atoms with Gasteiger partial charge in [0.25, 0.3) is 0 Å². The Bertz CT molecular complexity index is 279. The van der Waals surface area contributed by atoms with E-state index in [-0.39, 0.29) is 18.4 Å². The summed E-state index contributed by atoms with van der Waals surface area (Å²) in [5.74, 6) is 0.670. The molecule has 2 amide bonds. The molecule has 2 rings (SSSR count). The molecule has 0 radical (unpaired) electrons. The molecule has 1 aliphatic heterocycles. The highest BCUT2D eigenvalue weighted by molar-refractivity contribution is 5.84. The predicted octanol–water partition coefficient (Wildman–Crippen LogP) is 1.31. The summed E-state index contributed by atoms with van der Waals surface area (Å²) >= 11 is 0. The van der Waals surface area contributed by atoms with Gasteiger partial charge in [-0.3, -0.25) is 9.59 Å². The van der Waals surface area contributed by atoms with Crippen LogP contribution in [0.3, 0.4) is 0 Å². The zero-order chi connectivity index (χ0) is 12.1. The van der Waals surface area contributed by atoms with Crippen molar-refractivity contribution in [3.63, 3.8) is 0 Å². The van der Waals surface area contributed by atoms with E-state index in [0.717, 1.165) is 25.9 Å². The molecule has 1 heterocycles. The van der Waals surface area contributed by atoms with Crippen LogP contribution in [0.15, 0.2) is 0 Å². The minimum atomic E-state index is 0.0458. The zero-order valence-electron chi connectivity index (χ0n) is 10.4. The van der Waals surface area contributed by atoms with E-state index in [1.165, 1.54) is 25.7 Å². The van der Waals surface area contributed by atoms with Crippen LogP contribution in [0.2, 0.25) is 0 Å². The smallest absolute Gasteiger partial charge is 0.241 e. The second kappa shape index (κ2) is 6.03. The molecule has 0 aromatic carbocycles. The maximum absolute atomic E-state index is 11.7. The Kier molecular flexibility index (Phi) is 4.40. The van der Waals surface area contributed by atoms with E-state index in [2.05, 4.69) is 5.32 Å². The number of carbonyl (C=O) groups excluding carboxylic acids is 2. The third kappa shape index (κ3) is 3.72. The van der Waals surface area contributed by atoms with Gasteiger partial charge in [0.15, 0.2) is 0 Å². The van der Waals surface area contributed by atoms with Crippen LogP contribution in [0.1, 0.15) is 44.9 Å². The summed E-state index contributed by atoms with van der Waals surface area (Å²) in [5, 5.41) is 2.76. The molecule has 17 heavy (non-hydrogen) atoms. The Morgan fingerprint density at radius 2 is 1.71 bits per heavy atom. The van der Waals surface area contributed by atoms with Crippen molar-refractivity contribution >= 4 is 11.8 Å². The molecular weight excluding hydrogens is 216 g/mol. The second-order valence-electron chi connectivity index (χ2n) is 5.22. The van der Waals surface area contributed by atoms with Crippen LogP contribution in [-0.4, -0.2) is 36.3 Å². The van der Waals surface area contributed by atoms with E-state index in [1.807, 2.05) is 4.90 Å². The van der Waals surface area contributed by atoms with Gasteiger partial charge < -0.3 is 10.2 Å². The van der Waals surface area contributed by atoms with Gasteiger partial charge in [-0.15, -0.1) is 0 Å². The first kappa shape index (κ1) is 12.4. The van der Waals surface area contributed by atoms with Crippen molar-refractivity contribution in [2.75, 3.05) is 19.6 Å². The Labute approximate surface area is 103 Å². The Morgan fingerprint density at radius 3 is 2.35 bits per heavy atom. The first-order chi connectivity index (χ1) is 8.25. The number of hydrogen-bond acceptors (Lipinski definition) is 2. The number of nitrogens with zero attached hydrogens (tertiary/aromatic N) is 1. The minimum Gasteiger partial charge on any atom is -0.347 e. The quantitative estimate of drug-likeness (QED) is 0.802. The molecule has 2 fully saturated rings. The fraction of sp³-hybridized carbons (Fsp3) is 0.846. The number of carbonyl (C=O) groups is 2. The fourth-order valence-corrected chi connectivity index (χ4v) is 2.80. The van der Waals surface area contributed by atoms with Crippen LogP contribution in [0.4, 0.5) is 0 Å². The lowest BCUT2D eigenvalue weighted by molar-refractivity contribution is -0.132. The molecule has 96 valence electrons. The van der Waals surface area contributed by atoms with Gasteiger partial charge >= 0.3 is 0 Å². The van der Waals surface area contributed by atoms with Gasteiger partial charge in [0.1, 0.15) is 0 Å². The monoisotopic (exact) mass is 238 g/mol. The fourth-order valence-electron chi connectivity index (χ4n) is 2.80. The molecule has 0 aromatic heterocycles. The van der Waals surface area contributed by atoms with Gasteiger partial charge in [-0.05, 0) is 31.6 Å². The van der Waals surface area contributed by atoms with E-state index in [1.54, 1.807) is 0 Å². The molecule has 1 N–H and O–H groups in total. The van der Waals surface area contributed by atoms with Gasteiger partial charge in [0, 0.05) is 19.5 Å². The summed E-state index contributed by atoms with van der Waals surface area (Å²) in [4.78, 5) is 25.2. The summed E-state index contributed by atoms with van der Waals surface area (Å²) in [5.41, 5.74) is 0. The number of nitrogens with one attached hydrogen (secondary N) is 1. The van der Waals surface area contributed by atoms with Crippen molar-refractivity contribution in [1.82, 2.24) is 10.2 Å². The van der Waals surface area contributed by atoms with Crippen molar-refractivity contribution < 1.29 is 9.59 Å². The summed E-state index contributed by atoms with van der Waals surface area (Å²) in [7, 11) is 0. The number of likely N-dealkylation sites (tertiary alicyclic amines) is 1. The molecule has 0 unspecified atom stereocenters. The normalized spacial score (nSPS) is 20.8. The largest absolute Gasteiger partial charge is 0.347 e. The van der Waals surface area contributed by atoms with Crippen LogP contribution in [0.25, 0.3) is 0 Å². The van der Waals surface area contributed by atoms with Crippen molar-refractivity contribution in [3.8, 4) is 0 Å². The molecule has 1 saturated carbocycles. The maximum Gasteiger partial charge on any atom is 0.241 e. The lowest BCUT2D eigenvalue weighted by atomic mass is 10.0. The molecule has 0 aromatic rings. The Balaban J connectivity index is 1.63. The summed E-state index contributed by atoms with van der Waals surface area (Å²) in [6.45, 7) is 1.90. The molecule has 0 atom stereocenters. The molecule has 4 heteroatoms. The average Bonchev–Trinajstić information content (AvgIpc) is 2.97. The number of hydrogen-bond donors (Lipinski definition) is 1. The highest BCUT2D eigenvalue weighted by atomic mass is 16.2. The molecule has 2 aliphatic rings. The molecule has 0 bridgehead atoms. The molecule has 4 nitrogen and oxygen atoms in total. The van der Waals surface area contributed by atoms with E-state index < -0.39 is 0 Å². The van der Waals surface area contributed by atoms with Gasteiger partial charge in [-0.1, -0.05) is 12.8 Å². The predicted molar refractivity (Wildman–Crippen MR) is 65.4 cm³/mol. The van der Waals surface area contributed by atoms with Crippen LogP contribution in [0.5, 0.6) is 0 Å². The number of amides is 2. The second-order valence-corrected chi connectivity index (χ2v) is 5.22. The van der Waals surface area contributed by atoms with Gasteiger partial charge in [0.2, 0.25) is 11.8 Å². The van der Waals surface area contributed by atoms with Gasteiger partial charge in [-0.25, -0.2) is 0 Å². The molecule has 0 spiro atoms. The summed E-state index contributed by atoms with van der Waals surface area (Å²) in [6, 6.07) is 0. The lowest BCUT2D eigenvalue weighted by Gasteiger charge is -2.16. The van der Waals surface area contributed by atoms with Crippen LogP contribution in [0, 0.1) is 5.92 Å². The van der Waals surface area contributed by atoms with Crippen LogP contribution < -0.4 is 5.32 Å². The zero-order valence-corrected chi connectivity index (χ0v) is 10.4. The van der Waals surface area contributed by atoms with E-state index in [0.29, 0.717) is 12.3 Å². The van der Waals surface area contributed by atoms with Gasteiger partial charge in [-0.2, -0.15) is 0 Å². The third-order valence-electron chi connectivity index (χ3n) is 3.84. The maximum atomic E-state index is 11.7. The van der Waals surface area contributed by atoms with Gasteiger partial charge in [0.05, 0.1) is 6.54 Å². The molecule has 1 aliphatic carbocycles.